The number of para-hydroxylation sites is 3. The summed E-state index contributed by atoms with van der Waals surface area (Å²) < 4.78 is 0. The van der Waals surface area contributed by atoms with Gasteiger partial charge in [-0.15, -0.1) is 0 Å². The van der Waals surface area contributed by atoms with Crippen molar-refractivity contribution in [2.75, 3.05) is 14.7 Å². The van der Waals surface area contributed by atoms with Gasteiger partial charge in [0.25, 0.3) is 6.71 Å². The van der Waals surface area contributed by atoms with Gasteiger partial charge in [0.05, 0.1) is 5.69 Å². The lowest BCUT2D eigenvalue weighted by molar-refractivity contribution is 0.662. The molecule has 4 heteroatoms. The van der Waals surface area contributed by atoms with Gasteiger partial charge in [0.1, 0.15) is 0 Å². The average Bonchev–Trinajstić information content (AvgIpc) is 3.30. The Kier molecular flexibility index (Phi) is 10.1. The molecule has 0 amide bonds. The van der Waals surface area contributed by atoms with Crippen LogP contribution in [0.2, 0.25) is 0 Å². The van der Waals surface area contributed by atoms with E-state index in [1.807, 2.05) is 12.2 Å². The lowest BCUT2D eigenvalue weighted by Gasteiger charge is -2.45. The molecule has 304 valence electrons. The second kappa shape index (κ2) is 15.9. The van der Waals surface area contributed by atoms with Crippen molar-refractivity contribution in [3.8, 4) is 11.1 Å². The summed E-state index contributed by atoms with van der Waals surface area (Å²) in [7, 11) is 0. The molecule has 0 radical (unpaired) electrons. The van der Waals surface area contributed by atoms with E-state index < -0.39 is 0 Å². The fourth-order valence-electron chi connectivity index (χ4n) is 10.4. The Labute approximate surface area is 369 Å². The Balaban J connectivity index is 1.33. The number of nitrogens with zero attached hydrogens (tertiary/aromatic N) is 3. The molecule has 0 fully saturated rings. The number of benzene rings is 7. The zero-order valence-electron chi connectivity index (χ0n) is 36.8. The third kappa shape index (κ3) is 6.43. The van der Waals surface area contributed by atoms with Gasteiger partial charge >= 0.3 is 0 Å². The Morgan fingerprint density at radius 3 is 1.95 bits per heavy atom. The molecule has 0 N–H and O–H groups in total. The van der Waals surface area contributed by atoms with E-state index in [4.69, 9.17) is 0 Å². The molecule has 3 nitrogen and oxygen atoms in total. The van der Waals surface area contributed by atoms with Crippen molar-refractivity contribution in [2.24, 2.45) is 0 Å². The maximum atomic E-state index is 4.42. The van der Waals surface area contributed by atoms with Crippen LogP contribution < -0.4 is 31.1 Å². The molecule has 2 aliphatic heterocycles. The predicted molar refractivity (Wildman–Crippen MR) is 269 cm³/mol. The zero-order valence-corrected chi connectivity index (χ0v) is 36.8. The lowest BCUT2D eigenvalue weighted by Crippen LogP contribution is -2.61. The van der Waals surface area contributed by atoms with Gasteiger partial charge in [0, 0.05) is 45.5 Å². The normalized spacial score (nSPS) is 14.1. The molecule has 10 rings (SSSR count). The van der Waals surface area contributed by atoms with Crippen LogP contribution in [0.15, 0.2) is 170 Å². The minimum atomic E-state index is -0.0421. The van der Waals surface area contributed by atoms with Crippen molar-refractivity contribution in [3.63, 3.8) is 0 Å². The van der Waals surface area contributed by atoms with Crippen molar-refractivity contribution < 1.29 is 0 Å². The first-order valence-electron chi connectivity index (χ1n) is 22.4. The first-order valence-corrected chi connectivity index (χ1v) is 22.4. The van der Waals surface area contributed by atoms with Crippen LogP contribution in [0.1, 0.15) is 80.2 Å². The maximum Gasteiger partial charge on any atom is 0.252 e. The van der Waals surface area contributed by atoms with Gasteiger partial charge in [-0.05, 0) is 162 Å². The predicted octanol–water partition coefficient (Wildman–Crippen LogP) is 14.4. The number of anilines is 8. The fourth-order valence-corrected chi connectivity index (χ4v) is 10.4. The van der Waals surface area contributed by atoms with E-state index in [2.05, 4.69) is 208 Å². The molecular weight excluding hydrogens is 749 g/mol. The van der Waals surface area contributed by atoms with Crippen LogP contribution in [-0.4, -0.2) is 6.71 Å². The van der Waals surface area contributed by atoms with E-state index in [0.29, 0.717) is 5.92 Å². The number of hydrogen-bond donors (Lipinski definition) is 0. The van der Waals surface area contributed by atoms with E-state index >= 15 is 0 Å². The summed E-state index contributed by atoms with van der Waals surface area (Å²) in [5.74, 6) is 0.293. The standard InChI is InChI=1S/C58H54BN3/c1-8-42-24-16-20-30-53(42)62-54-36-46(61(51-28-18-14-22-40(51)6)52-29-19-15-23-41(52)7)31-32-49(54)59-50-33-43(9-2)48(47-27-17-13-21-39(47)5)37-55(50)60(45-25-11-10-12-26-45)56-34-44(38(3)4)35-57(62)58(56)59/h8-14,16-18,20-22,24-28,30-38H,1-2,15,19,23,29H2,3-7H3. The van der Waals surface area contributed by atoms with Gasteiger partial charge in [-0.2, -0.15) is 0 Å². The third-order valence-corrected chi connectivity index (χ3v) is 13.6. The number of fused-ring (bicyclic) bond motifs is 4. The lowest BCUT2D eigenvalue weighted by atomic mass is 9.33. The largest absolute Gasteiger partial charge is 0.314 e. The van der Waals surface area contributed by atoms with Crippen LogP contribution in [0.4, 0.5) is 45.5 Å². The molecule has 7 aromatic carbocycles. The summed E-state index contributed by atoms with van der Waals surface area (Å²) in [5.41, 5.74) is 24.7. The van der Waals surface area contributed by atoms with E-state index in [1.54, 1.807) is 0 Å². The van der Waals surface area contributed by atoms with E-state index in [9.17, 15) is 0 Å². The highest BCUT2D eigenvalue weighted by Gasteiger charge is 2.44. The third-order valence-electron chi connectivity index (χ3n) is 13.6. The van der Waals surface area contributed by atoms with Crippen molar-refractivity contribution in [3.05, 3.63) is 198 Å². The van der Waals surface area contributed by atoms with Crippen LogP contribution in [-0.2, 0) is 0 Å². The Bertz CT molecular complexity index is 2940. The second-order valence-electron chi connectivity index (χ2n) is 17.6. The van der Waals surface area contributed by atoms with Gasteiger partial charge in [0.2, 0.25) is 0 Å². The number of rotatable bonds is 9. The van der Waals surface area contributed by atoms with Crippen LogP contribution in [0.5, 0.6) is 0 Å². The van der Waals surface area contributed by atoms with Crippen LogP contribution in [0, 0.1) is 13.8 Å². The van der Waals surface area contributed by atoms with Crippen molar-refractivity contribution in [1.29, 1.82) is 0 Å². The number of aryl methyl sites for hydroxylation is 2. The quantitative estimate of drug-likeness (QED) is 0.135. The molecule has 1 aliphatic carbocycles. The van der Waals surface area contributed by atoms with Gasteiger partial charge in [0.15, 0.2) is 0 Å². The second-order valence-corrected chi connectivity index (χ2v) is 17.6. The van der Waals surface area contributed by atoms with Crippen molar-refractivity contribution >= 4 is 80.8 Å². The molecule has 0 unspecified atom stereocenters. The van der Waals surface area contributed by atoms with Crippen LogP contribution in [0.25, 0.3) is 23.3 Å². The van der Waals surface area contributed by atoms with Gasteiger partial charge < -0.3 is 14.7 Å². The molecule has 3 aliphatic rings. The topological polar surface area (TPSA) is 9.72 Å². The van der Waals surface area contributed by atoms with Crippen molar-refractivity contribution in [2.45, 2.75) is 66.2 Å². The summed E-state index contributed by atoms with van der Waals surface area (Å²) in [4.78, 5) is 7.66. The minimum absolute atomic E-state index is 0.0421. The molecule has 2 heterocycles. The first kappa shape index (κ1) is 39.4. The van der Waals surface area contributed by atoms with Gasteiger partial charge in [-0.25, -0.2) is 0 Å². The molecule has 0 atom stereocenters. The minimum Gasteiger partial charge on any atom is -0.314 e. The molecule has 7 aromatic rings. The van der Waals surface area contributed by atoms with E-state index in [-0.39, 0.29) is 6.71 Å². The highest BCUT2D eigenvalue weighted by atomic mass is 15.2. The van der Waals surface area contributed by atoms with E-state index in [0.717, 1.165) is 35.3 Å². The summed E-state index contributed by atoms with van der Waals surface area (Å²) in [6.45, 7) is 20.2. The zero-order chi connectivity index (χ0) is 42.6. The molecule has 0 bridgehead atoms. The Morgan fingerprint density at radius 2 is 1.23 bits per heavy atom. The van der Waals surface area contributed by atoms with Crippen LogP contribution >= 0.6 is 0 Å². The first-order chi connectivity index (χ1) is 30.3. The maximum absolute atomic E-state index is 4.42. The average molecular weight is 804 g/mol. The number of hydrogen-bond acceptors (Lipinski definition) is 3. The molecule has 0 aromatic heterocycles. The van der Waals surface area contributed by atoms with Gasteiger partial charge in [-0.3, -0.25) is 0 Å². The fraction of sp³-hybridized carbons (Fsp3) is 0.172. The SMILES string of the molecule is C=Cc1cc2c(cc1-c1ccccc1C)N(c1ccccc1)c1cc(C(C)C)cc3c1B2c1ccc(N(C2=C(C)CCCC2)c2ccccc2C)cc1N3c1ccccc1C=C. The molecule has 0 saturated carbocycles. The molecule has 0 saturated heterocycles. The molecule has 62 heavy (non-hydrogen) atoms. The molecule has 0 spiro atoms. The Morgan fingerprint density at radius 1 is 0.565 bits per heavy atom. The summed E-state index contributed by atoms with van der Waals surface area (Å²) >= 11 is 0. The highest BCUT2D eigenvalue weighted by Crippen LogP contribution is 2.49. The summed E-state index contributed by atoms with van der Waals surface area (Å²) in [5, 5.41) is 0. The summed E-state index contributed by atoms with van der Waals surface area (Å²) in [6.07, 6.45) is 8.68. The van der Waals surface area contributed by atoms with Crippen molar-refractivity contribution in [1.82, 2.24) is 0 Å². The van der Waals surface area contributed by atoms with Gasteiger partial charge in [-0.1, -0.05) is 136 Å². The highest BCUT2D eigenvalue weighted by molar-refractivity contribution is 7.00. The van der Waals surface area contributed by atoms with Crippen LogP contribution in [0.3, 0.4) is 0 Å². The smallest absolute Gasteiger partial charge is 0.252 e. The van der Waals surface area contributed by atoms with E-state index in [1.165, 1.54) is 102 Å². The number of allylic oxidation sites excluding steroid dienone is 2. The monoisotopic (exact) mass is 803 g/mol. The Hall–Kier alpha value is -6.78. The summed E-state index contributed by atoms with van der Waals surface area (Å²) in [6, 6.07) is 54.5. The molecular formula is C58H54BN3.